The second-order valence-corrected chi connectivity index (χ2v) is 5.74. The van der Waals surface area contributed by atoms with E-state index in [2.05, 4.69) is 25.0 Å². The largest absolute Gasteiger partial charge is 0.233 e. The SMILES string of the molecule is CC(C)c1cc2nc3c(c(Cl)n2n1)CCCCC3. The first-order chi connectivity index (χ1) is 8.66. The molecule has 0 amide bonds. The Bertz CT molecular complexity index is 586. The van der Waals surface area contributed by atoms with Gasteiger partial charge in [0.1, 0.15) is 5.15 Å². The average Bonchev–Trinajstić information content (AvgIpc) is 2.62. The molecule has 0 radical (unpaired) electrons. The smallest absolute Gasteiger partial charge is 0.157 e. The summed E-state index contributed by atoms with van der Waals surface area (Å²) in [5.74, 6) is 0.405. The van der Waals surface area contributed by atoms with Crippen LogP contribution in [0.1, 0.15) is 56.0 Å². The summed E-state index contributed by atoms with van der Waals surface area (Å²) in [5, 5.41) is 5.34. The molecule has 0 aromatic carbocycles. The zero-order chi connectivity index (χ0) is 12.7. The molecule has 1 aliphatic carbocycles. The number of hydrogen-bond acceptors (Lipinski definition) is 2. The lowest BCUT2D eigenvalue weighted by Gasteiger charge is -2.08. The summed E-state index contributed by atoms with van der Waals surface area (Å²) in [5.41, 5.74) is 4.34. The van der Waals surface area contributed by atoms with Crippen LogP contribution in [0, 0.1) is 0 Å². The van der Waals surface area contributed by atoms with Crippen molar-refractivity contribution in [2.75, 3.05) is 0 Å². The molecule has 96 valence electrons. The van der Waals surface area contributed by atoms with Crippen LogP contribution in [0.15, 0.2) is 6.07 Å². The topological polar surface area (TPSA) is 30.2 Å². The molecule has 0 N–H and O–H groups in total. The molecule has 3 nitrogen and oxygen atoms in total. The van der Waals surface area contributed by atoms with E-state index < -0.39 is 0 Å². The third-order valence-corrected chi connectivity index (χ3v) is 4.06. The molecule has 1 aliphatic rings. The third-order valence-electron chi connectivity index (χ3n) is 3.67. The summed E-state index contributed by atoms with van der Waals surface area (Å²) in [6, 6.07) is 2.06. The summed E-state index contributed by atoms with van der Waals surface area (Å²) in [4.78, 5) is 4.76. The predicted molar refractivity (Wildman–Crippen MR) is 73.3 cm³/mol. The molecule has 3 rings (SSSR count). The number of aromatic nitrogens is 3. The van der Waals surface area contributed by atoms with Crippen molar-refractivity contribution in [3.63, 3.8) is 0 Å². The highest BCUT2D eigenvalue weighted by Crippen LogP contribution is 2.27. The lowest BCUT2D eigenvalue weighted by Crippen LogP contribution is -2.03. The Morgan fingerprint density at radius 2 is 2.00 bits per heavy atom. The fraction of sp³-hybridized carbons (Fsp3) is 0.571. The fourth-order valence-corrected chi connectivity index (χ4v) is 2.90. The summed E-state index contributed by atoms with van der Waals surface area (Å²) in [7, 11) is 0. The van der Waals surface area contributed by atoms with Gasteiger partial charge in [0.05, 0.1) is 5.69 Å². The van der Waals surface area contributed by atoms with Gasteiger partial charge >= 0.3 is 0 Å². The number of hydrogen-bond donors (Lipinski definition) is 0. The first-order valence-electron chi connectivity index (χ1n) is 6.73. The van der Waals surface area contributed by atoms with Crippen molar-refractivity contribution in [1.29, 1.82) is 0 Å². The average molecular weight is 264 g/mol. The number of nitrogens with zero attached hydrogens (tertiary/aromatic N) is 3. The Morgan fingerprint density at radius 1 is 1.22 bits per heavy atom. The van der Waals surface area contributed by atoms with E-state index in [4.69, 9.17) is 16.6 Å². The van der Waals surface area contributed by atoms with Crippen molar-refractivity contribution in [3.05, 3.63) is 28.2 Å². The molecule has 0 saturated heterocycles. The van der Waals surface area contributed by atoms with E-state index in [-0.39, 0.29) is 0 Å². The highest BCUT2D eigenvalue weighted by atomic mass is 35.5. The van der Waals surface area contributed by atoms with Crippen molar-refractivity contribution >= 4 is 17.2 Å². The molecule has 2 aromatic rings. The van der Waals surface area contributed by atoms with Crippen LogP contribution < -0.4 is 0 Å². The van der Waals surface area contributed by atoms with Gasteiger partial charge in [0.15, 0.2) is 5.65 Å². The van der Waals surface area contributed by atoms with Crippen molar-refractivity contribution in [2.24, 2.45) is 0 Å². The van der Waals surface area contributed by atoms with Crippen LogP contribution in [-0.2, 0) is 12.8 Å². The highest BCUT2D eigenvalue weighted by Gasteiger charge is 2.18. The number of fused-ring (bicyclic) bond motifs is 2. The standard InChI is InChI=1S/C14H18ClN3/c1-9(2)12-8-13-16-11-7-5-3-4-6-10(11)14(15)18(13)17-12/h8-9H,3-7H2,1-2H3. The Balaban J connectivity index is 2.21. The van der Waals surface area contributed by atoms with Crippen LogP contribution in [0.25, 0.3) is 5.65 Å². The minimum absolute atomic E-state index is 0.405. The van der Waals surface area contributed by atoms with Crippen molar-refractivity contribution in [2.45, 2.75) is 51.9 Å². The van der Waals surface area contributed by atoms with Crippen LogP contribution in [0.2, 0.25) is 5.15 Å². The molecule has 2 heterocycles. The molecule has 0 saturated carbocycles. The minimum Gasteiger partial charge on any atom is -0.233 e. The summed E-state index contributed by atoms with van der Waals surface area (Å²) < 4.78 is 1.81. The molecule has 0 atom stereocenters. The van der Waals surface area contributed by atoms with Gasteiger partial charge in [0.25, 0.3) is 0 Å². The lowest BCUT2D eigenvalue weighted by molar-refractivity contribution is 0.709. The van der Waals surface area contributed by atoms with Gasteiger partial charge in [-0.2, -0.15) is 5.10 Å². The van der Waals surface area contributed by atoms with Crippen molar-refractivity contribution in [1.82, 2.24) is 14.6 Å². The van der Waals surface area contributed by atoms with Crippen LogP contribution in [-0.4, -0.2) is 14.6 Å². The Kier molecular flexibility index (Phi) is 3.02. The van der Waals surface area contributed by atoms with E-state index >= 15 is 0 Å². The van der Waals surface area contributed by atoms with Crippen molar-refractivity contribution in [3.8, 4) is 0 Å². The highest BCUT2D eigenvalue weighted by molar-refractivity contribution is 6.30. The van der Waals surface area contributed by atoms with E-state index in [1.807, 2.05) is 0 Å². The maximum Gasteiger partial charge on any atom is 0.157 e. The molecule has 0 spiro atoms. The van der Waals surface area contributed by atoms with Gasteiger partial charge in [0, 0.05) is 17.3 Å². The van der Waals surface area contributed by atoms with Gasteiger partial charge in [-0.15, -0.1) is 0 Å². The van der Waals surface area contributed by atoms with E-state index in [0.29, 0.717) is 5.92 Å². The van der Waals surface area contributed by atoms with Crippen LogP contribution in [0.3, 0.4) is 0 Å². The van der Waals surface area contributed by atoms with Crippen LogP contribution in [0.5, 0.6) is 0 Å². The summed E-state index contributed by atoms with van der Waals surface area (Å²) in [6.45, 7) is 4.28. The number of halogens is 1. The maximum absolute atomic E-state index is 6.51. The van der Waals surface area contributed by atoms with Gasteiger partial charge in [0.2, 0.25) is 0 Å². The van der Waals surface area contributed by atoms with Gasteiger partial charge < -0.3 is 0 Å². The monoisotopic (exact) mass is 263 g/mol. The molecule has 18 heavy (non-hydrogen) atoms. The molecular formula is C14H18ClN3. The number of aryl methyl sites for hydroxylation is 1. The van der Waals surface area contributed by atoms with Gasteiger partial charge in [-0.1, -0.05) is 31.9 Å². The van der Waals surface area contributed by atoms with E-state index in [1.165, 1.54) is 30.5 Å². The van der Waals surface area contributed by atoms with Gasteiger partial charge in [-0.25, -0.2) is 9.50 Å². The minimum atomic E-state index is 0.405. The Hall–Kier alpha value is -1.09. The molecule has 0 unspecified atom stereocenters. The second-order valence-electron chi connectivity index (χ2n) is 5.38. The van der Waals surface area contributed by atoms with Gasteiger partial charge in [-0.3, -0.25) is 0 Å². The normalized spacial score (nSPS) is 16.0. The Labute approximate surface area is 112 Å². The molecular weight excluding hydrogens is 246 g/mol. The quantitative estimate of drug-likeness (QED) is 0.579. The zero-order valence-corrected chi connectivity index (χ0v) is 11.7. The molecule has 2 aromatic heterocycles. The zero-order valence-electron chi connectivity index (χ0n) is 10.9. The van der Waals surface area contributed by atoms with E-state index in [9.17, 15) is 0 Å². The molecule has 0 aliphatic heterocycles. The number of rotatable bonds is 1. The predicted octanol–water partition coefficient (Wildman–Crippen LogP) is 3.78. The molecule has 4 heteroatoms. The van der Waals surface area contributed by atoms with E-state index in [0.717, 1.165) is 29.3 Å². The van der Waals surface area contributed by atoms with Crippen molar-refractivity contribution < 1.29 is 0 Å². The lowest BCUT2D eigenvalue weighted by atomic mass is 10.1. The van der Waals surface area contributed by atoms with Crippen LogP contribution in [0.4, 0.5) is 0 Å². The first-order valence-corrected chi connectivity index (χ1v) is 7.11. The van der Waals surface area contributed by atoms with Crippen LogP contribution >= 0.6 is 11.6 Å². The molecule has 0 bridgehead atoms. The third kappa shape index (κ3) is 1.91. The first kappa shape index (κ1) is 12.0. The summed E-state index contributed by atoms with van der Waals surface area (Å²) in [6.07, 6.45) is 5.78. The molecule has 0 fully saturated rings. The Morgan fingerprint density at radius 3 is 2.78 bits per heavy atom. The summed E-state index contributed by atoms with van der Waals surface area (Å²) >= 11 is 6.51. The van der Waals surface area contributed by atoms with Gasteiger partial charge in [-0.05, 0) is 31.6 Å². The van der Waals surface area contributed by atoms with E-state index in [1.54, 1.807) is 4.52 Å². The maximum atomic E-state index is 6.51. The fourth-order valence-electron chi connectivity index (χ4n) is 2.57. The second kappa shape index (κ2) is 4.54.